The van der Waals surface area contributed by atoms with Gasteiger partial charge in [0.05, 0.1) is 11.8 Å². The van der Waals surface area contributed by atoms with Crippen molar-refractivity contribution in [2.24, 2.45) is 11.8 Å². The number of carbonyl (C=O) groups is 3. The Balaban J connectivity index is 1.34. The van der Waals surface area contributed by atoms with Crippen LogP contribution in [-0.4, -0.2) is 78.3 Å². The van der Waals surface area contributed by atoms with E-state index in [1.54, 1.807) is 10.4 Å². The maximum absolute atomic E-state index is 13.4. The summed E-state index contributed by atoms with van der Waals surface area (Å²) in [5, 5.41) is 9.32. The fourth-order valence-electron chi connectivity index (χ4n) is 5.62. The number of amides is 3. The van der Waals surface area contributed by atoms with Gasteiger partial charge in [0.1, 0.15) is 6.10 Å². The third-order valence-corrected chi connectivity index (χ3v) is 7.89. The number of carbonyl (C=O) groups excluding carboxylic acids is 3. The summed E-state index contributed by atoms with van der Waals surface area (Å²) >= 11 is 0. The molecular formula is C27H40N4O5. The highest BCUT2D eigenvalue weighted by atomic mass is 16.6. The van der Waals surface area contributed by atoms with E-state index in [1.165, 1.54) is 5.56 Å². The number of rotatable bonds is 4. The molecule has 0 radical (unpaired) electrons. The molecule has 1 saturated carbocycles. The number of benzene rings is 1. The third kappa shape index (κ3) is 5.94. The Morgan fingerprint density at radius 1 is 0.889 bits per heavy atom. The van der Waals surface area contributed by atoms with Gasteiger partial charge in [0.25, 0.3) is 0 Å². The molecule has 4 rings (SSSR count). The van der Waals surface area contributed by atoms with Gasteiger partial charge in [0.2, 0.25) is 11.8 Å². The molecule has 2 heterocycles. The molecule has 2 saturated heterocycles. The van der Waals surface area contributed by atoms with E-state index in [2.05, 4.69) is 49.9 Å². The van der Waals surface area contributed by atoms with Crippen LogP contribution in [0.4, 0.5) is 10.5 Å². The maximum atomic E-state index is 13.4. The van der Waals surface area contributed by atoms with Gasteiger partial charge in [-0.2, -0.15) is 0 Å². The minimum atomic E-state index is -0.726. The van der Waals surface area contributed by atoms with Crippen LogP contribution in [-0.2, 0) is 19.7 Å². The number of piperazine rings is 1. The molecule has 9 nitrogen and oxygen atoms in total. The molecule has 198 valence electrons. The first-order chi connectivity index (χ1) is 17.2. The van der Waals surface area contributed by atoms with Crippen molar-refractivity contribution in [2.75, 3.05) is 44.2 Å². The number of hydrogen-bond donors (Lipinski definition) is 2. The van der Waals surface area contributed by atoms with Crippen LogP contribution in [0.3, 0.4) is 0 Å². The Kier molecular flexibility index (Phi) is 8.07. The molecule has 1 aliphatic carbocycles. The summed E-state index contributed by atoms with van der Waals surface area (Å²) in [7, 11) is 0. The second kappa shape index (κ2) is 11.1. The molecule has 1 aromatic carbocycles. The lowest BCUT2D eigenvalue weighted by molar-refractivity contribution is -0.149. The van der Waals surface area contributed by atoms with E-state index in [-0.39, 0.29) is 23.8 Å². The lowest BCUT2D eigenvalue weighted by Crippen LogP contribution is -2.53. The molecule has 3 amide bonds. The fourth-order valence-corrected chi connectivity index (χ4v) is 5.62. The first-order valence-corrected chi connectivity index (χ1v) is 13.2. The summed E-state index contributed by atoms with van der Waals surface area (Å²) in [6.45, 7) is 10.6. The molecular weight excluding hydrogens is 460 g/mol. The van der Waals surface area contributed by atoms with E-state index in [0.717, 1.165) is 31.6 Å². The number of hydrogen-bond acceptors (Lipinski definition) is 6. The number of likely N-dealkylation sites (tertiary alicyclic amines) is 1. The molecule has 0 aromatic heterocycles. The zero-order chi connectivity index (χ0) is 25.9. The van der Waals surface area contributed by atoms with Crippen molar-refractivity contribution >= 4 is 23.6 Å². The third-order valence-electron chi connectivity index (χ3n) is 7.89. The number of nitrogens with zero attached hydrogens (tertiary/aromatic N) is 3. The molecule has 36 heavy (non-hydrogen) atoms. The van der Waals surface area contributed by atoms with E-state index in [9.17, 15) is 19.6 Å². The van der Waals surface area contributed by atoms with Crippen molar-refractivity contribution in [3.8, 4) is 0 Å². The van der Waals surface area contributed by atoms with Gasteiger partial charge in [-0.25, -0.2) is 10.3 Å². The van der Waals surface area contributed by atoms with E-state index >= 15 is 0 Å². The predicted octanol–water partition coefficient (Wildman–Crippen LogP) is 3.16. The van der Waals surface area contributed by atoms with Gasteiger partial charge >= 0.3 is 6.09 Å². The van der Waals surface area contributed by atoms with Crippen molar-refractivity contribution in [2.45, 2.75) is 64.4 Å². The minimum Gasteiger partial charge on any atom is -0.446 e. The molecule has 9 heteroatoms. The Labute approximate surface area is 213 Å². The fraction of sp³-hybridized carbons (Fsp3) is 0.667. The van der Waals surface area contributed by atoms with Crippen LogP contribution in [0, 0.1) is 11.8 Å². The molecule has 1 aromatic rings. The van der Waals surface area contributed by atoms with Crippen LogP contribution in [0.2, 0.25) is 0 Å². The summed E-state index contributed by atoms with van der Waals surface area (Å²) in [6, 6.07) is 8.62. The quantitative estimate of drug-likeness (QED) is 0.486. The van der Waals surface area contributed by atoms with Crippen molar-refractivity contribution in [1.82, 2.24) is 15.3 Å². The molecule has 2 unspecified atom stereocenters. The van der Waals surface area contributed by atoms with Crippen LogP contribution >= 0.6 is 0 Å². The van der Waals surface area contributed by atoms with Crippen LogP contribution in [0.1, 0.15) is 58.4 Å². The van der Waals surface area contributed by atoms with Gasteiger partial charge in [0.15, 0.2) is 0 Å². The van der Waals surface area contributed by atoms with Gasteiger partial charge in [-0.1, -0.05) is 32.9 Å². The lowest BCUT2D eigenvalue weighted by Gasteiger charge is -2.40. The Bertz CT molecular complexity index is 930. The zero-order valence-electron chi connectivity index (χ0n) is 21.7. The van der Waals surface area contributed by atoms with Gasteiger partial charge in [-0.15, -0.1) is 0 Å². The topological polar surface area (TPSA) is 102 Å². The van der Waals surface area contributed by atoms with Gasteiger partial charge < -0.3 is 19.4 Å². The monoisotopic (exact) mass is 500 g/mol. The van der Waals surface area contributed by atoms with Crippen LogP contribution in [0.5, 0.6) is 0 Å². The molecule has 2 N–H and O–H groups in total. The zero-order valence-corrected chi connectivity index (χ0v) is 21.7. The van der Waals surface area contributed by atoms with Crippen LogP contribution < -0.4 is 10.4 Å². The molecule has 3 atom stereocenters. The smallest absolute Gasteiger partial charge is 0.410 e. The maximum Gasteiger partial charge on any atom is 0.410 e. The van der Waals surface area contributed by atoms with E-state index in [4.69, 9.17) is 4.74 Å². The lowest BCUT2D eigenvalue weighted by atomic mass is 9.76. The van der Waals surface area contributed by atoms with Crippen molar-refractivity contribution in [1.29, 1.82) is 0 Å². The number of anilines is 1. The number of nitrogens with one attached hydrogen (secondary N) is 1. The summed E-state index contributed by atoms with van der Waals surface area (Å²) in [4.78, 5) is 44.2. The summed E-state index contributed by atoms with van der Waals surface area (Å²) in [5.74, 6) is -1.91. The molecule has 2 aliphatic heterocycles. The van der Waals surface area contributed by atoms with Crippen LogP contribution in [0.15, 0.2) is 24.3 Å². The Morgan fingerprint density at radius 3 is 2.11 bits per heavy atom. The SMILES string of the molecule is CC(C)(C)c1ccc(N2CCN(C(=O)[C@H]3CCC(OC(=O)N4CCCC4)CC3C(=O)NO)CC2)cc1. The average Bonchev–Trinajstić information content (AvgIpc) is 3.43. The largest absolute Gasteiger partial charge is 0.446 e. The first kappa shape index (κ1) is 26.3. The minimum absolute atomic E-state index is 0.0596. The van der Waals surface area contributed by atoms with Crippen molar-refractivity contribution < 1.29 is 24.3 Å². The number of ether oxygens (including phenoxy) is 1. The normalized spacial score (nSPS) is 25.0. The standard InChI is InChI=1S/C27H40N4O5/c1-27(2,3)19-6-8-20(9-7-19)29-14-16-30(17-15-29)25(33)22-11-10-21(18-23(22)24(32)28-35)36-26(34)31-12-4-5-13-31/h6-9,21-23,35H,4-5,10-18H2,1-3H3,(H,28,32)/t21?,22-,23?/m0/s1. The highest BCUT2D eigenvalue weighted by Gasteiger charge is 2.43. The Hall–Kier alpha value is -2.81. The van der Waals surface area contributed by atoms with E-state index in [1.807, 2.05) is 4.90 Å². The predicted molar refractivity (Wildman–Crippen MR) is 136 cm³/mol. The molecule has 0 spiro atoms. The van der Waals surface area contributed by atoms with E-state index < -0.39 is 23.8 Å². The summed E-state index contributed by atoms with van der Waals surface area (Å²) in [6.07, 6.45) is 2.38. The highest BCUT2D eigenvalue weighted by molar-refractivity contribution is 5.87. The van der Waals surface area contributed by atoms with Crippen molar-refractivity contribution in [3.05, 3.63) is 29.8 Å². The van der Waals surface area contributed by atoms with Crippen LogP contribution in [0.25, 0.3) is 0 Å². The summed E-state index contributed by atoms with van der Waals surface area (Å²) < 4.78 is 5.66. The first-order valence-electron chi connectivity index (χ1n) is 13.2. The highest BCUT2D eigenvalue weighted by Crippen LogP contribution is 2.34. The molecule has 3 aliphatic rings. The Morgan fingerprint density at radius 2 is 1.53 bits per heavy atom. The second-order valence-electron chi connectivity index (χ2n) is 11.3. The second-order valence-corrected chi connectivity index (χ2v) is 11.3. The van der Waals surface area contributed by atoms with Gasteiger partial charge in [-0.3, -0.25) is 14.8 Å². The van der Waals surface area contributed by atoms with E-state index in [0.29, 0.717) is 39.0 Å². The number of hydroxylamine groups is 1. The summed E-state index contributed by atoms with van der Waals surface area (Å²) in [5.41, 5.74) is 4.26. The van der Waals surface area contributed by atoms with Gasteiger partial charge in [-0.05, 0) is 55.2 Å². The van der Waals surface area contributed by atoms with Crippen molar-refractivity contribution in [3.63, 3.8) is 0 Å². The average molecular weight is 501 g/mol. The molecule has 3 fully saturated rings. The van der Waals surface area contributed by atoms with Gasteiger partial charge in [0, 0.05) is 45.0 Å². The molecule has 0 bridgehead atoms.